The van der Waals surface area contributed by atoms with Crippen molar-refractivity contribution in [1.82, 2.24) is 5.32 Å². The fourth-order valence-electron chi connectivity index (χ4n) is 1.62. The molecular formula is C13H17NO2S. The highest BCUT2D eigenvalue weighted by Gasteiger charge is 2.11. The minimum Gasteiger partial charge on any atom is -0.309 e. The Morgan fingerprint density at radius 3 is 2.35 bits per heavy atom. The van der Waals surface area contributed by atoms with Crippen LogP contribution in [0.15, 0.2) is 29.2 Å². The fraction of sp³-hybridized carbons (Fsp3) is 0.385. The molecule has 0 bridgehead atoms. The van der Waals surface area contributed by atoms with Crippen LogP contribution < -0.4 is 5.32 Å². The molecule has 17 heavy (non-hydrogen) atoms. The van der Waals surface area contributed by atoms with Gasteiger partial charge in [0.25, 0.3) is 0 Å². The smallest absolute Gasteiger partial charge is 0.175 e. The van der Waals surface area contributed by atoms with Gasteiger partial charge in [-0.05, 0) is 24.2 Å². The zero-order chi connectivity index (χ0) is 12.9. The third-order valence-electron chi connectivity index (χ3n) is 2.48. The van der Waals surface area contributed by atoms with Crippen molar-refractivity contribution >= 4 is 9.84 Å². The van der Waals surface area contributed by atoms with E-state index in [4.69, 9.17) is 6.42 Å². The summed E-state index contributed by atoms with van der Waals surface area (Å²) in [5.74, 6) is 2.62. The first kappa shape index (κ1) is 13.8. The average Bonchev–Trinajstić information content (AvgIpc) is 2.28. The zero-order valence-electron chi connectivity index (χ0n) is 10.1. The van der Waals surface area contributed by atoms with Crippen LogP contribution in [0.25, 0.3) is 0 Å². The van der Waals surface area contributed by atoms with Crippen molar-refractivity contribution in [3.05, 3.63) is 29.8 Å². The summed E-state index contributed by atoms with van der Waals surface area (Å²) in [4.78, 5) is 0.331. The molecule has 0 aliphatic carbocycles. The SMILES string of the molecule is C#CCC(NCC)c1ccc(S(C)(=O)=O)cc1. The first-order valence-corrected chi connectivity index (χ1v) is 7.35. The molecule has 1 aromatic carbocycles. The molecule has 0 amide bonds. The predicted octanol–water partition coefficient (Wildman–Crippen LogP) is 1.76. The summed E-state index contributed by atoms with van der Waals surface area (Å²) in [5.41, 5.74) is 1.01. The average molecular weight is 251 g/mol. The van der Waals surface area contributed by atoms with E-state index >= 15 is 0 Å². The molecule has 0 heterocycles. The maximum atomic E-state index is 11.3. The van der Waals surface area contributed by atoms with Gasteiger partial charge in [0, 0.05) is 18.7 Å². The van der Waals surface area contributed by atoms with E-state index in [-0.39, 0.29) is 6.04 Å². The molecule has 1 atom stereocenters. The Morgan fingerprint density at radius 1 is 1.35 bits per heavy atom. The molecule has 1 unspecified atom stereocenters. The number of nitrogens with one attached hydrogen (secondary N) is 1. The van der Waals surface area contributed by atoms with Crippen molar-refractivity contribution in [2.24, 2.45) is 0 Å². The van der Waals surface area contributed by atoms with Crippen LogP contribution in [0.1, 0.15) is 24.9 Å². The van der Waals surface area contributed by atoms with Crippen LogP contribution >= 0.6 is 0 Å². The monoisotopic (exact) mass is 251 g/mol. The number of hydrogen-bond donors (Lipinski definition) is 1. The van der Waals surface area contributed by atoms with E-state index in [0.717, 1.165) is 12.1 Å². The summed E-state index contributed by atoms with van der Waals surface area (Å²) >= 11 is 0. The van der Waals surface area contributed by atoms with E-state index in [1.807, 2.05) is 6.92 Å². The Hall–Kier alpha value is -1.31. The van der Waals surface area contributed by atoms with Gasteiger partial charge in [0.2, 0.25) is 0 Å². The van der Waals surface area contributed by atoms with E-state index < -0.39 is 9.84 Å². The molecule has 0 aliphatic heterocycles. The van der Waals surface area contributed by atoms with Crippen molar-refractivity contribution in [2.75, 3.05) is 12.8 Å². The van der Waals surface area contributed by atoms with Crippen LogP contribution in [0.2, 0.25) is 0 Å². The highest BCUT2D eigenvalue weighted by atomic mass is 32.2. The molecule has 1 aromatic rings. The summed E-state index contributed by atoms with van der Waals surface area (Å²) in [7, 11) is -3.13. The molecule has 0 spiro atoms. The van der Waals surface area contributed by atoms with Crippen molar-refractivity contribution in [2.45, 2.75) is 24.3 Å². The van der Waals surface area contributed by atoms with E-state index in [2.05, 4.69) is 11.2 Å². The summed E-state index contributed by atoms with van der Waals surface area (Å²) < 4.78 is 22.6. The van der Waals surface area contributed by atoms with Gasteiger partial charge in [0.1, 0.15) is 0 Å². The Morgan fingerprint density at radius 2 is 1.94 bits per heavy atom. The van der Waals surface area contributed by atoms with Gasteiger partial charge >= 0.3 is 0 Å². The van der Waals surface area contributed by atoms with Gasteiger partial charge in [-0.25, -0.2) is 8.42 Å². The highest BCUT2D eigenvalue weighted by Crippen LogP contribution is 2.18. The topological polar surface area (TPSA) is 46.2 Å². The third kappa shape index (κ3) is 3.88. The molecular weight excluding hydrogens is 234 g/mol. The molecule has 1 N–H and O–H groups in total. The van der Waals surface area contributed by atoms with Crippen molar-refractivity contribution in [3.63, 3.8) is 0 Å². The molecule has 0 saturated carbocycles. The lowest BCUT2D eigenvalue weighted by molar-refractivity contribution is 0.564. The largest absolute Gasteiger partial charge is 0.309 e. The van der Waals surface area contributed by atoms with Gasteiger partial charge in [-0.15, -0.1) is 12.3 Å². The van der Waals surface area contributed by atoms with Gasteiger partial charge in [-0.2, -0.15) is 0 Å². The number of hydrogen-bond acceptors (Lipinski definition) is 3. The van der Waals surface area contributed by atoms with Crippen molar-refractivity contribution < 1.29 is 8.42 Å². The van der Waals surface area contributed by atoms with E-state index in [9.17, 15) is 8.42 Å². The van der Waals surface area contributed by atoms with Gasteiger partial charge in [0.15, 0.2) is 9.84 Å². The minimum atomic E-state index is -3.13. The Bertz CT molecular complexity index is 497. The highest BCUT2D eigenvalue weighted by molar-refractivity contribution is 7.90. The standard InChI is InChI=1S/C13H17NO2S/c1-4-6-13(14-5-2)11-7-9-12(10-8-11)17(3,15)16/h1,7-10,13-14H,5-6H2,2-3H3. The first-order chi connectivity index (χ1) is 7.99. The Labute approximate surface area is 103 Å². The Balaban J connectivity index is 2.96. The van der Waals surface area contributed by atoms with Crippen LogP contribution in [-0.2, 0) is 9.84 Å². The maximum absolute atomic E-state index is 11.3. The molecule has 92 valence electrons. The molecule has 0 fully saturated rings. The molecule has 4 heteroatoms. The van der Waals surface area contributed by atoms with Crippen molar-refractivity contribution in [3.8, 4) is 12.3 Å². The van der Waals surface area contributed by atoms with Gasteiger partial charge in [-0.1, -0.05) is 19.1 Å². The van der Waals surface area contributed by atoms with Gasteiger partial charge < -0.3 is 5.32 Å². The Kier molecular flexibility index (Phi) is 4.73. The normalized spacial score (nSPS) is 13.0. The second-order valence-electron chi connectivity index (χ2n) is 3.86. The number of sulfone groups is 1. The van der Waals surface area contributed by atoms with E-state index in [1.54, 1.807) is 24.3 Å². The quantitative estimate of drug-likeness (QED) is 0.811. The molecule has 0 radical (unpaired) electrons. The maximum Gasteiger partial charge on any atom is 0.175 e. The summed E-state index contributed by atoms with van der Waals surface area (Å²) in [5, 5.41) is 3.27. The van der Waals surface area contributed by atoms with Crippen molar-refractivity contribution in [1.29, 1.82) is 0 Å². The number of benzene rings is 1. The molecule has 0 aromatic heterocycles. The summed E-state index contributed by atoms with van der Waals surface area (Å²) in [6, 6.07) is 6.93. The second-order valence-corrected chi connectivity index (χ2v) is 5.88. The second kappa shape index (κ2) is 5.85. The fourth-order valence-corrected chi connectivity index (χ4v) is 2.25. The lowest BCUT2D eigenvalue weighted by atomic mass is 10.0. The van der Waals surface area contributed by atoms with Gasteiger partial charge in [-0.3, -0.25) is 0 Å². The van der Waals surface area contributed by atoms with Crippen LogP contribution in [-0.4, -0.2) is 21.2 Å². The molecule has 0 saturated heterocycles. The van der Waals surface area contributed by atoms with E-state index in [1.165, 1.54) is 6.26 Å². The van der Waals surface area contributed by atoms with E-state index in [0.29, 0.717) is 11.3 Å². The van der Waals surface area contributed by atoms with Crippen LogP contribution in [0.4, 0.5) is 0 Å². The van der Waals surface area contributed by atoms with Gasteiger partial charge in [0.05, 0.1) is 4.90 Å². The van der Waals surface area contributed by atoms with Crippen LogP contribution in [0.5, 0.6) is 0 Å². The lowest BCUT2D eigenvalue weighted by Gasteiger charge is -2.15. The predicted molar refractivity (Wildman–Crippen MR) is 69.4 cm³/mol. The number of terminal acetylenes is 1. The third-order valence-corrected chi connectivity index (χ3v) is 3.61. The minimum absolute atomic E-state index is 0.0820. The molecule has 0 aliphatic rings. The number of rotatable bonds is 5. The lowest BCUT2D eigenvalue weighted by Crippen LogP contribution is -2.20. The summed E-state index contributed by atoms with van der Waals surface area (Å²) in [6.07, 6.45) is 7.10. The van der Waals surface area contributed by atoms with Crippen LogP contribution in [0.3, 0.4) is 0 Å². The zero-order valence-corrected chi connectivity index (χ0v) is 10.9. The first-order valence-electron chi connectivity index (χ1n) is 5.46. The summed E-state index contributed by atoms with van der Waals surface area (Å²) in [6.45, 7) is 2.83. The molecule has 1 rings (SSSR count). The molecule has 3 nitrogen and oxygen atoms in total. The van der Waals surface area contributed by atoms with Crippen LogP contribution in [0, 0.1) is 12.3 Å².